The highest BCUT2D eigenvalue weighted by Crippen LogP contribution is 2.45. The van der Waals surface area contributed by atoms with Crippen LogP contribution < -0.4 is 14.4 Å². The van der Waals surface area contributed by atoms with Gasteiger partial charge in [-0.1, -0.05) is 46.9 Å². The highest BCUT2D eigenvalue weighted by molar-refractivity contribution is 6.52. The number of hydrogen-bond donors (Lipinski definition) is 1. The number of halogens is 3. The lowest BCUT2D eigenvalue weighted by Gasteiger charge is -2.27. The van der Waals surface area contributed by atoms with Crippen LogP contribution >= 0.6 is 34.8 Å². The molecule has 0 radical (unpaired) electrons. The number of ketones is 1. The molecule has 1 fully saturated rings. The van der Waals surface area contributed by atoms with Crippen LogP contribution in [0.3, 0.4) is 0 Å². The molecule has 6 nitrogen and oxygen atoms in total. The number of aliphatic hydroxyl groups excluding tert-OH is 1. The second-order valence-corrected chi connectivity index (χ2v) is 9.02. The zero-order valence-electron chi connectivity index (χ0n) is 18.9. The molecule has 1 unspecified atom stereocenters. The van der Waals surface area contributed by atoms with Gasteiger partial charge in [0.15, 0.2) is 11.5 Å². The Morgan fingerprint density at radius 3 is 2.26 bits per heavy atom. The van der Waals surface area contributed by atoms with Crippen LogP contribution in [0.2, 0.25) is 15.1 Å². The normalized spacial score (nSPS) is 17.1. The summed E-state index contributed by atoms with van der Waals surface area (Å²) in [6.07, 6.45) is 0. The number of methoxy groups -OCH3 is 2. The quantitative estimate of drug-likeness (QED) is 0.228. The minimum Gasteiger partial charge on any atom is -0.507 e. The van der Waals surface area contributed by atoms with Crippen LogP contribution in [0.5, 0.6) is 11.5 Å². The van der Waals surface area contributed by atoms with E-state index in [1.807, 2.05) is 0 Å². The number of Topliss-reactive ketones (excluding diaryl/α,β-unsaturated/α-hetero) is 1. The molecule has 0 aliphatic carbocycles. The Hall–Kier alpha value is -3.19. The number of carbonyl (C=O) groups is 2. The number of rotatable bonds is 5. The molecule has 1 N–H and O–H groups in total. The molecule has 9 heteroatoms. The van der Waals surface area contributed by atoms with Gasteiger partial charge >= 0.3 is 0 Å². The second-order valence-electron chi connectivity index (χ2n) is 7.80. The molecule has 0 saturated carbocycles. The van der Waals surface area contributed by atoms with Crippen molar-refractivity contribution >= 4 is 57.9 Å². The summed E-state index contributed by atoms with van der Waals surface area (Å²) in [6.45, 7) is 1.75. The van der Waals surface area contributed by atoms with E-state index in [0.717, 1.165) is 0 Å². The topological polar surface area (TPSA) is 76.1 Å². The largest absolute Gasteiger partial charge is 0.507 e. The third-order valence-corrected chi connectivity index (χ3v) is 7.01. The van der Waals surface area contributed by atoms with Gasteiger partial charge in [0.25, 0.3) is 11.7 Å². The number of aliphatic hydroxyl groups is 1. The number of amides is 1. The molecule has 1 aliphatic heterocycles. The SMILES string of the molecule is COc1ccc(C2/C(=C(\O)c3ccc(Cl)c(Cl)c3)C(=O)C(=O)N2c2cccc(Cl)c2C)cc1OC. The Kier molecular flexibility index (Phi) is 6.99. The van der Waals surface area contributed by atoms with E-state index in [0.29, 0.717) is 33.3 Å². The molecule has 1 amide bonds. The molecule has 0 spiro atoms. The Morgan fingerprint density at radius 2 is 1.60 bits per heavy atom. The fourth-order valence-electron chi connectivity index (χ4n) is 4.08. The van der Waals surface area contributed by atoms with Crippen molar-refractivity contribution in [3.63, 3.8) is 0 Å². The summed E-state index contributed by atoms with van der Waals surface area (Å²) in [6, 6.07) is 13.6. The number of benzene rings is 3. The molecule has 0 aromatic heterocycles. The van der Waals surface area contributed by atoms with Crippen molar-refractivity contribution in [3.05, 3.63) is 91.9 Å². The number of anilines is 1. The zero-order valence-corrected chi connectivity index (χ0v) is 21.2. The lowest BCUT2D eigenvalue weighted by atomic mass is 9.94. The molecule has 180 valence electrons. The van der Waals surface area contributed by atoms with Crippen molar-refractivity contribution in [3.8, 4) is 11.5 Å². The Labute approximate surface area is 217 Å². The molecule has 1 heterocycles. The van der Waals surface area contributed by atoms with Crippen molar-refractivity contribution in [1.29, 1.82) is 0 Å². The van der Waals surface area contributed by atoms with E-state index in [9.17, 15) is 14.7 Å². The molecular weight excluding hydrogens is 513 g/mol. The van der Waals surface area contributed by atoms with E-state index in [1.54, 1.807) is 43.3 Å². The zero-order chi connectivity index (χ0) is 25.4. The number of hydrogen-bond acceptors (Lipinski definition) is 5. The molecule has 3 aromatic carbocycles. The van der Waals surface area contributed by atoms with E-state index < -0.39 is 17.7 Å². The van der Waals surface area contributed by atoms with Gasteiger partial charge in [0.05, 0.1) is 35.9 Å². The molecule has 3 aromatic rings. The van der Waals surface area contributed by atoms with Gasteiger partial charge in [0.1, 0.15) is 5.76 Å². The summed E-state index contributed by atoms with van der Waals surface area (Å²) >= 11 is 18.5. The predicted octanol–water partition coefficient (Wildman–Crippen LogP) is 6.60. The molecule has 0 bridgehead atoms. The first-order valence-electron chi connectivity index (χ1n) is 10.4. The van der Waals surface area contributed by atoms with Crippen molar-refractivity contribution in [1.82, 2.24) is 0 Å². The highest BCUT2D eigenvalue weighted by atomic mass is 35.5. The van der Waals surface area contributed by atoms with Gasteiger partial charge in [-0.2, -0.15) is 0 Å². The average Bonchev–Trinajstić information content (AvgIpc) is 3.11. The number of carbonyl (C=O) groups excluding carboxylic acids is 2. The van der Waals surface area contributed by atoms with Crippen molar-refractivity contribution in [2.75, 3.05) is 19.1 Å². The standard InChI is InChI=1S/C26H20Cl3NO5/c1-13-16(27)5-4-6-19(13)30-23(14-8-10-20(34-2)21(12-14)35-3)22(25(32)26(30)33)24(31)15-7-9-17(28)18(29)11-15/h4-12,23,31H,1-3H3/b24-22+. The summed E-state index contributed by atoms with van der Waals surface area (Å²) in [5.74, 6) is -1.18. The Morgan fingerprint density at radius 1 is 0.886 bits per heavy atom. The lowest BCUT2D eigenvalue weighted by molar-refractivity contribution is -0.132. The van der Waals surface area contributed by atoms with Gasteiger partial charge in [-0.15, -0.1) is 0 Å². The second kappa shape index (κ2) is 9.82. The molecule has 1 aliphatic rings. The van der Waals surface area contributed by atoms with E-state index in [4.69, 9.17) is 44.3 Å². The smallest absolute Gasteiger partial charge is 0.300 e. The average molecular weight is 533 g/mol. The van der Waals surface area contributed by atoms with Crippen molar-refractivity contribution < 1.29 is 24.2 Å². The van der Waals surface area contributed by atoms with E-state index in [2.05, 4.69) is 0 Å². The fourth-order valence-corrected chi connectivity index (χ4v) is 4.54. The first-order valence-corrected chi connectivity index (χ1v) is 11.6. The Balaban J connectivity index is 2.01. The maximum Gasteiger partial charge on any atom is 0.300 e. The van der Waals surface area contributed by atoms with Crippen LogP contribution in [0.25, 0.3) is 5.76 Å². The summed E-state index contributed by atoms with van der Waals surface area (Å²) in [7, 11) is 2.98. The summed E-state index contributed by atoms with van der Waals surface area (Å²) in [5.41, 5.74) is 1.69. The van der Waals surface area contributed by atoms with Crippen LogP contribution in [0.1, 0.15) is 22.7 Å². The molecule has 1 atom stereocenters. The third kappa shape index (κ3) is 4.33. The summed E-state index contributed by atoms with van der Waals surface area (Å²) in [5, 5.41) is 12.2. The first-order chi connectivity index (χ1) is 16.7. The van der Waals surface area contributed by atoms with Crippen molar-refractivity contribution in [2.24, 2.45) is 0 Å². The lowest BCUT2D eigenvalue weighted by Crippen LogP contribution is -2.30. The highest BCUT2D eigenvalue weighted by Gasteiger charge is 2.47. The first kappa shape index (κ1) is 24.9. The van der Waals surface area contributed by atoms with Gasteiger partial charge in [-0.25, -0.2) is 0 Å². The van der Waals surface area contributed by atoms with E-state index in [-0.39, 0.29) is 26.9 Å². The van der Waals surface area contributed by atoms with Crippen LogP contribution in [-0.4, -0.2) is 31.0 Å². The van der Waals surface area contributed by atoms with E-state index >= 15 is 0 Å². The number of nitrogens with zero attached hydrogens (tertiary/aromatic N) is 1. The van der Waals surface area contributed by atoms with Crippen LogP contribution in [0, 0.1) is 6.92 Å². The van der Waals surface area contributed by atoms with Crippen molar-refractivity contribution in [2.45, 2.75) is 13.0 Å². The fraction of sp³-hybridized carbons (Fsp3) is 0.154. The molecular formula is C26H20Cl3NO5. The summed E-state index contributed by atoms with van der Waals surface area (Å²) in [4.78, 5) is 28.1. The Bertz CT molecular complexity index is 1390. The minimum atomic E-state index is -0.985. The van der Waals surface area contributed by atoms with Gasteiger partial charge in [-0.3, -0.25) is 14.5 Å². The van der Waals surface area contributed by atoms with Gasteiger partial charge in [0, 0.05) is 16.3 Å². The minimum absolute atomic E-state index is 0.111. The molecule has 4 rings (SSSR count). The van der Waals surface area contributed by atoms with Gasteiger partial charge < -0.3 is 14.6 Å². The monoisotopic (exact) mass is 531 g/mol. The molecule has 1 saturated heterocycles. The third-order valence-electron chi connectivity index (χ3n) is 5.86. The van der Waals surface area contributed by atoms with E-state index in [1.165, 1.54) is 37.3 Å². The maximum absolute atomic E-state index is 13.4. The van der Waals surface area contributed by atoms with Crippen LogP contribution in [0.4, 0.5) is 5.69 Å². The summed E-state index contributed by atoms with van der Waals surface area (Å²) < 4.78 is 10.8. The van der Waals surface area contributed by atoms with Gasteiger partial charge in [-0.05, 0) is 60.5 Å². The molecule has 35 heavy (non-hydrogen) atoms. The number of ether oxygens (including phenoxy) is 2. The van der Waals surface area contributed by atoms with Crippen LogP contribution in [0.15, 0.2) is 60.2 Å². The predicted molar refractivity (Wildman–Crippen MR) is 137 cm³/mol. The van der Waals surface area contributed by atoms with Gasteiger partial charge in [0.2, 0.25) is 0 Å². The van der Waals surface area contributed by atoms with Crippen LogP contribution in [-0.2, 0) is 9.59 Å². The maximum atomic E-state index is 13.4.